The van der Waals surface area contributed by atoms with Gasteiger partial charge in [0.1, 0.15) is 6.10 Å². The largest absolute Gasteiger partial charge is 0.474 e. The molecule has 4 fully saturated rings. The van der Waals surface area contributed by atoms with Crippen molar-refractivity contribution in [3.05, 3.63) is 18.0 Å². The highest BCUT2D eigenvalue weighted by atomic mass is 19.4. The highest BCUT2D eigenvalue weighted by molar-refractivity contribution is 5.86. The average Bonchev–Trinajstić information content (AvgIpc) is 3.49. The number of rotatable bonds is 8. The zero-order chi connectivity index (χ0) is 27.9. The van der Waals surface area contributed by atoms with Gasteiger partial charge < -0.3 is 19.9 Å². The van der Waals surface area contributed by atoms with Crippen molar-refractivity contribution in [3.63, 3.8) is 0 Å². The summed E-state index contributed by atoms with van der Waals surface area (Å²) in [5.41, 5.74) is 1.61. The number of anilines is 1. The van der Waals surface area contributed by atoms with E-state index in [-0.39, 0.29) is 24.1 Å². The number of fused-ring (bicyclic) bond motifs is 3. The highest BCUT2D eigenvalue weighted by Crippen LogP contribution is 2.41. The third kappa shape index (κ3) is 6.31. The Morgan fingerprint density at radius 3 is 2.50 bits per heavy atom. The van der Waals surface area contributed by atoms with E-state index in [0.29, 0.717) is 47.8 Å². The van der Waals surface area contributed by atoms with Gasteiger partial charge >= 0.3 is 6.18 Å². The minimum atomic E-state index is -4.28. The van der Waals surface area contributed by atoms with Gasteiger partial charge in [-0.15, -0.1) is 0 Å². The van der Waals surface area contributed by atoms with Crippen molar-refractivity contribution in [2.24, 2.45) is 0 Å². The molecule has 2 aromatic heterocycles. The number of nitrogens with zero attached hydrogens (tertiary/aromatic N) is 4. The smallest absolute Gasteiger partial charge is 0.391 e. The molecule has 220 valence electrons. The molecule has 4 aliphatic rings. The van der Waals surface area contributed by atoms with Gasteiger partial charge in [-0.3, -0.25) is 4.90 Å². The van der Waals surface area contributed by atoms with Crippen LogP contribution in [0, 0.1) is 0 Å². The van der Waals surface area contributed by atoms with Gasteiger partial charge in [0.25, 0.3) is 0 Å². The van der Waals surface area contributed by atoms with Crippen molar-refractivity contribution in [2.45, 2.75) is 126 Å². The number of hydrogen-bond donors (Lipinski definition) is 2. The zero-order valence-corrected chi connectivity index (χ0v) is 23.1. The fraction of sp³-hybridized carbons (Fsp3) is 0.759. The molecular formula is C29H40F3N5O3. The minimum absolute atomic E-state index is 0.0363. The Labute approximate surface area is 233 Å². The SMILES string of the molecule is C[C@@H](CC(F)(F)F)Nc1ncc2c(O[C@@H]3C[C@H]4CC[C@@H](C3)N4C[C@@H]3CCCO3)ncc([C@H]3CC[C@H](O)CC3)c2n1. The summed E-state index contributed by atoms with van der Waals surface area (Å²) in [7, 11) is 0. The third-order valence-electron chi connectivity index (χ3n) is 9.22. The second-order valence-electron chi connectivity index (χ2n) is 12.3. The number of hydrogen-bond acceptors (Lipinski definition) is 8. The quantitative estimate of drug-likeness (QED) is 0.444. The maximum Gasteiger partial charge on any atom is 0.391 e. The van der Waals surface area contributed by atoms with E-state index >= 15 is 0 Å². The molecule has 1 aliphatic carbocycles. The molecule has 0 amide bonds. The predicted octanol–water partition coefficient (Wildman–Crippen LogP) is 5.35. The molecule has 6 rings (SSSR count). The molecule has 0 radical (unpaired) electrons. The van der Waals surface area contributed by atoms with Gasteiger partial charge in [-0.25, -0.2) is 15.0 Å². The second kappa shape index (κ2) is 11.6. The van der Waals surface area contributed by atoms with E-state index in [4.69, 9.17) is 19.4 Å². The van der Waals surface area contributed by atoms with E-state index in [1.165, 1.54) is 19.8 Å². The number of alkyl halides is 3. The molecule has 2 bridgehead atoms. The summed E-state index contributed by atoms with van der Waals surface area (Å²) in [5.74, 6) is 0.820. The van der Waals surface area contributed by atoms with Gasteiger partial charge in [-0.2, -0.15) is 13.2 Å². The van der Waals surface area contributed by atoms with E-state index in [1.807, 2.05) is 6.20 Å². The van der Waals surface area contributed by atoms with Crippen molar-refractivity contribution >= 4 is 16.9 Å². The van der Waals surface area contributed by atoms with Gasteiger partial charge in [-0.1, -0.05) is 0 Å². The molecule has 8 nitrogen and oxygen atoms in total. The average molecular weight is 564 g/mol. The maximum atomic E-state index is 12.9. The van der Waals surface area contributed by atoms with E-state index in [9.17, 15) is 18.3 Å². The maximum absolute atomic E-state index is 12.9. The summed E-state index contributed by atoms with van der Waals surface area (Å²) in [6, 6.07) is 0.0993. The van der Waals surface area contributed by atoms with Crippen LogP contribution in [0.1, 0.15) is 89.0 Å². The molecule has 1 saturated carbocycles. The molecule has 40 heavy (non-hydrogen) atoms. The number of aliphatic hydroxyl groups is 1. The number of nitrogens with one attached hydrogen (secondary N) is 1. The van der Waals surface area contributed by atoms with Crippen LogP contribution in [-0.2, 0) is 4.74 Å². The lowest BCUT2D eigenvalue weighted by Gasteiger charge is -2.39. The van der Waals surface area contributed by atoms with Crippen LogP contribution in [-0.4, -0.2) is 80.7 Å². The first kappa shape index (κ1) is 27.9. The molecule has 2 N–H and O–H groups in total. The Morgan fingerprint density at radius 1 is 1.07 bits per heavy atom. The molecule has 3 aliphatic heterocycles. The van der Waals surface area contributed by atoms with Crippen molar-refractivity contribution in [3.8, 4) is 5.88 Å². The van der Waals surface area contributed by atoms with Crippen molar-refractivity contribution in [2.75, 3.05) is 18.5 Å². The first-order chi connectivity index (χ1) is 19.2. The Balaban J connectivity index is 1.22. The predicted molar refractivity (Wildman–Crippen MR) is 144 cm³/mol. The molecule has 0 unspecified atom stereocenters. The lowest BCUT2D eigenvalue weighted by molar-refractivity contribution is -0.136. The van der Waals surface area contributed by atoms with Gasteiger partial charge in [0.2, 0.25) is 11.8 Å². The van der Waals surface area contributed by atoms with Gasteiger partial charge in [0, 0.05) is 49.2 Å². The monoisotopic (exact) mass is 563 g/mol. The number of pyridine rings is 1. The van der Waals surface area contributed by atoms with Crippen LogP contribution in [0.4, 0.5) is 19.1 Å². The van der Waals surface area contributed by atoms with E-state index in [1.54, 1.807) is 6.20 Å². The number of aromatic nitrogens is 3. The van der Waals surface area contributed by atoms with Crippen molar-refractivity contribution in [1.82, 2.24) is 19.9 Å². The zero-order valence-electron chi connectivity index (χ0n) is 23.1. The summed E-state index contributed by atoms with van der Waals surface area (Å²) >= 11 is 0. The van der Waals surface area contributed by atoms with E-state index in [0.717, 1.165) is 57.2 Å². The van der Waals surface area contributed by atoms with Crippen LogP contribution in [0.3, 0.4) is 0 Å². The molecule has 0 aromatic carbocycles. The van der Waals surface area contributed by atoms with E-state index < -0.39 is 18.6 Å². The Kier molecular flexibility index (Phi) is 8.07. The Hall–Kier alpha value is -2.24. The van der Waals surface area contributed by atoms with Crippen LogP contribution in [0.5, 0.6) is 5.88 Å². The van der Waals surface area contributed by atoms with Gasteiger partial charge in [0.05, 0.1) is 29.5 Å². The summed E-state index contributed by atoms with van der Waals surface area (Å²) in [6.45, 7) is 3.35. The molecule has 2 aromatic rings. The topological polar surface area (TPSA) is 92.6 Å². The summed E-state index contributed by atoms with van der Waals surface area (Å²) in [6.07, 6.45) is 7.82. The van der Waals surface area contributed by atoms with Gasteiger partial charge in [0.15, 0.2) is 0 Å². The highest BCUT2D eigenvalue weighted by Gasteiger charge is 2.43. The lowest BCUT2D eigenvalue weighted by Crippen LogP contribution is -2.49. The fourth-order valence-electron chi connectivity index (χ4n) is 7.28. The third-order valence-corrected chi connectivity index (χ3v) is 9.22. The van der Waals surface area contributed by atoms with Crippen LogP contribution < -0.4 is 10.1 Å². The normalized spacial score (nSPS) is 31.9. The molecule has 3 saturated heterocycles. The van der Waals surface area contributed by atoms with Crippen LogP contribution in [0.2, 0.25) is 0 Å². The molecule has 5 atom stereocenters. The van der Waals surface area contributed by atoms with Crippen LogP contribution in [0.25, 0.3) is 10.9 Å². The standard InChI is InChI=1S/C29H40F3N5O3/c1-17(13-29(30,31)32)35-28-34-15-25-26(36-28)24(18-4-8-21(38)9-5-18)14-33-27(25)40-23-11-19-6-7-20(12-23)37(19)16-22-3-2-10-39-22/h14-15,17-23,38H,2-13,16H2,1H3,(H,34,35,36)/t17-,18-,19-,20+,21-,22-,23-/m0/s1. The first-order valence-corrected chi connectivity index (χ1v) is 14.9. The minimum Gasteiger partial charge on any atom is -0.474 e. The van der Waals surface area contributed by atoms with Crippen molar-refractivity contribution in [1.29, 1.82) is 0 Å². The molecular weight excluding hydrogens is 523 g/mol. The Morgan fingerprint density at radius 2 is 1.82 bits per heavy atom. The van der Waals surface area contributed by atoms with Crippen LogP contribution >= 0.6 is 0 Å². The summed E-state index contributed by atoms with van der Waals surface area (Å²) in [4.78, 5) is 16.4. The summed E-state index contributed by atoms with van der Waals surface area (Å²) in [5, 5.41) is 13.5. The molecule has 5 heterocycles. The molecule has 0 spiro atoms. The second-order valence-corrected chi connectivity index (χ2v) is 12.3. The van der Waals surface area contributed by atoms with E-state index in [2.05, 4.69) is 15.2 Å². The number of halogens is 3. The fourth-order valence-corrected chi connectivity index (χ4v) is 7.28. The van der Waals surface area contributed by atoms with Gasteiger partial charge in [-0.05, 0) is 77.0 Å². The first-order valence-electron chi connectivity index (χ1n) is 14.9. The lowest BCUT2D eigenvalue weighted by atomic mass is 9.83. The summed E-state index contributed by atoms with van der Waals surface area (Å²) < 4.78 is 51.2. The number of ether oxygens (including phenoxy) is 2. The number of aliphatic hydroxyl groups excluding tert-OH is 1. The number of piperidine rings is 1. The molecule has 11 heteroatoms. The van der Waals surface area contributed by atoms with Crippen molar-refractivity contribution < 1.29 is 27.8 Å². The Bertz CT molecular complexity index is 1160. The van der Waals surface area contributed by atoms with Crippen LogP contribution in [0.15, 0.2) is 12.4 Å².